The lowest BCUT2D eigenvalue weighted by Crippen LogP contribution is -2.05. The van der Waals surface area contributed by atoms with Gasteiger partial charge in [0.05, 0.1) is 4.88 Å². The quantitative estimate of drug-likeness (QED) is 0.563. The molecule has 0 amide bonds. The molecular weight excluding hydrogens is 254 g/mol. The number of aryl methyl sites for hydroxylation is 1. The van der Waals surface area contributed by atoms with E-state index in [0.717, 1.165) is 21.2 Å². The lowest BCUT2D eigenvalue weighted by Gasteiger charge is -2.07. The highest BCUT2D eigenvalue weighted by atomic mass is 32.1. The van der Waals surface area contributed by atoms with Crippen LogP contribution < -0.4 is 5.73 Å². The van der Waals surface area contributed by atoms with Crippen LogP contribution in [0, 0.1) is 6.92 Å². The fourth-order valence-corrected chi connectivity index (χ4v) is 3.06. The Balaban J connectivity index is 2.17. The van der Waals surface area contributed by atoms with E-state index in [1.54, 1.807) is 0 Å². The van der Waals surface area contributed by atoms with E-state index >= 15 is 0 Å². The minimum Gasteiger partial charge on any atom is -0.398 e. The van der Waals surface area contributed by atoms with Crippen LogP contribution in [0.25, 0.3) is 10.8 Å². The average Bonchev–Trinajstić information content (AvgIpc) is 2.83. The molecule has 0 bridgehead atoms. The average molecular weight is 267 g/mol. The lowest BCUT2D eigenvalue weighted by atomic mass is 10.0. The number of carbonyl (C=O) groups excluding carboxylic acids is 1. The van der Waals surface area contributed by atoms with Crippen molar-refractivity contribution in [2.24, 2.45) is 0 Å². The van der Waals surface area contributed by atoms with Crippen molar-refractivity contribution >= 4 is 33.6 Å². The third kappa shape index (κ3) is 2.02. The highest BCUT2D eigenvalue weighted by Gasteiger charge is 2.16. The number of nitrogens with two attached hydrogens (primary N) is 1. The molecule has 0 saturated carbocycles. The molecule has 0 aliphatic carbocycles. The summed E-state index contributed by atoms with van der Waals surface area (Å²) in [6.45, 7) is 1.95. The van der Waals surface area contributed by atoms with Gasteiger partial charge in [0.15, 0.2) is 0 Å². The largest absolute Gasteiger partial charge is 0.398 e. The summed E-state index contributed by atoms with van der Waals surface area (Å²) < 4.78 is 0. The van der Waals surface area contributed by atoms with Gasteiger partial charge in [0, 0.05) is 11.3 Å². The van der Waals surface area contributed by atoms with Crippen molar-refractivity contribution in [1.82, 2.24) is 0 Å². The minimum absolute atomic E-state index is 0.00996. The molecule has 19 heavy (non-hydrogen) atoms. The van der Waals surface area contributed by atoms with Gasteiger partial charge in [-0.05, 0) is 46.8 Å². The number of rotatable bonds is 2. The number of carbonyl (C=O) groups is 1. The van der Waals surface area contributed by atoms with E-state index in [9.17, 15) is 4.79 Å². The SMILES string of the molecule is Cc1ccsc1C(=O)c1cc2ccccc2cc1N. The van der Waals surface area contributed by atoms with Gasteiger partial charge in [0.25, 0.3) is 0 Å². The third-order valence-electron chi connectivity index (χ3n) is 3.23. The van der Waals surface area contributed by atoms with E-state index < -0.39 is 0 Å². The zero-order valence-electron chi connectivity index (χ0n) is 10.5. The van der Waals surface area contributed by atoms with Gasteiger partial charge < -0.3 is 5.73 Å². The molecule has 1 aromatic heterocycles. The minimum atomic E-state index is 0.00996. The molecule has 0 spiro atoms. The molecule has 2 nitrogen and oxygen atoms in total. The number of anilines is 1. The Kier molecular flexibility index (Phi) is 2.84. The van der Waals surface area contributed by atoms with Gasteiger partial charge in [-0.1, -0.05) is 24.3 Å². The highest BCUT2D eigenvalue weighted by molar-refractivity contribution is 7.12. The maximum atomic E-state index is 12.5. The molecule has 0 radical (unpaired) electrons. The summed E-state index contributed by atoms with van der Waals surface area (Å²) in [5.41, 5.74) is 8.16. The van der Waals surface area contributed by atoms with Crippen LogP contribution in [0.3, 0.4) is 0 Å². The van der Waals surface area contributed by atoms with Crippen LogP contribution in [-0.4, -0.2) is 5.78 Å². The number of thiophene rings is 1. The standard InChI is InChI=1S/C16H13NOS/c1-10-6-7-19-16(10)15(18)13-8-11-4-2-3-5-12(11)9-14(13)17/h2-9H,17H2,1H3. The first-order valence-corrected chi connectivity index (χ1v) is 6.92. The van der Waals surface area contributed by atoms with Gasteiger partial charge in [-0.2, -0.15) is 0 Å². The zero-order chi connectivity index (χ0) is 13.4. The summed E-state index contributed by atoms with van der Waals surface area (Å²) in [6, 6.07) is 13.6. The molecule has 2 aromatic carbocycles. The highest BCUT2D eigenvalue weighted by Crippen LogP contribution is 2.27. The van der Waals surface area contributed by atoms with E-state index in [2.05, 4.69) is 0 Å². The van der Waals surface area contributed by atoms with Crippen molar-refractivity contribution < 1.29 is 4.79 Å². The van der Waals surface area contributed by atoms with Crippen LogP contribution >= 0.6 is 11.3 Å². The second-order valence-electron chi connectivity index (χ2n) is 4.55. The predicted molar refractivity (Wildman–Crippen MR) is 80.8 cm³/mol. The zero-order valence-corrected chi connectivity index (χ0v) is 11.3. The number of nitrogen functional groups attached to an aromatic ring is 1. The fourth-order valence-electron chi connectivity index (χ4n) is 2.18. The molecule has 0 atom stereocenters. The van der Waals surface area contributed by atoms with E-state index in [-0.39, 0.29) is 5.78 Å². The van der Waals surface area contributed by atoms with Gasteiger partial charge in [-0.25, -0.2) is 0 Å². The van der Waals surface area contributed by atoms with Crippen LogP contribution in [0.4, 0.5) is 5.69 Å². The van der Waals surface area contributed by atoms with E-state index in [4.69, 9.17) is 5.73 Å². The van der Waals surface area contributed by atoms with E-state index in [1.165, 1.54) is 11.3 Å². The van der Waals surface area contributed by atoms with Crippen LogP contribution in [0.15, 0.2) is 47.8 Å². The van der Waals surface area contributed by atoms with Gasteiger partial charge >= 0.3 is 0 Å². The number of hydrogen-bond acceptors (Lipinski definition) is 3. The summed E-state index contributed by atoms with van der Waals surface area (Å²) in [6.07, 6.45) is 0. The van der Waals surface area contributed by atoms with Crippen LogP contribution in [0.1, 0.15) is 20.8 Å². The van der Waals surface area contributed by atoms with Crippen molar-refractivity contribution in [2.75, 3.05) is 5.73 Å². The molecule has 3 rings (SSSR count). The molecule has 3 heteroatoms. The van der Waals surface area contributed by atoms with Crippen LogP contribution in [0.2, 0.25) is 0 Å². The Labute approximate surface area is 115 Å². The van der Waals surface area contributed by atoms with Crippen molar-refractivity contribution in [3.8, 4) is 0 Å². The number of benzene rings is 2. The van der Waals surface area contributed by atoms with Crippen LogP contribution in [-0.2, 0) is 0 Å². The molecule has 3 aromatic rings. The molecule has 94 valence electrons. The second-order valence-corrected chi connectivity index (χ2v) is 5.46. The normalized spacial score (nSPS) is 10.8. The second kappa shape index (κ2) is 4.52. The Bertz CT molecular complexity index is 773. The molecule has 0 saturated heterocycles. The molecule has 0 aliphatic heterocycles. The maximum absolute atomic E-state index is 12.5. The summed E-state index contributed by atoms with van der Waals surface area (Å²) >= 11 is 1.46. The first-order valence-electron chi connectivity index (χ1n) is 6.04. The van der Waals surface area contributed by atoms with Crippen LogP contribution in [0.5, 0.6) is 0 Å². The lowest BCUT2D eigenvalue weighted by molar-refractivity contribution is 0.104. The molecule has 1 heterocycles. The maximum Gasteiger partial charge on any atom is 0.205 e. The van der Waals surface area contributed by atoms with Gasteiger partial charge in [0.2, 0.25) is 5.78 Å². The summed E-state index contributed by atoms with van der Waals surface area (Å²) in [5, 5.41) is 4.02. The Morgan fingerprint density at radius 2 is 1.79 bits per heavy atom. The Morgan fingerprint density at radius 3 is 2.42 bits per heavy atom. The third-order valence-corrected chi connectivity index (χ3v) is 4.25. The molecule has 0 aliphatic rings. The van der Waals surface area contributed by atoms with E-state index in [1.807, 2.05) is 54.8 Å². The summed E-state index contributed by atoms with van der Waals surface area (Å²) in [7, 11) is 0. The molecule has 2 N–H and O–H groups in total. The smallest absolute Gasteiger partial charge is 0.205 e. The molecule has 0 fully saturated rings. The van der Waals surface area contributed by atoms with Crippen molar-refractivity contribution in [2.45, 2.75) is 6.92 Å². The number of fused-ring (bicyclic) bond motifs is 1. The van der Waals surface area contributed by atoms with Crippen molar-refractivity contribution in [3.05, 3.63) is 63.8 Å². The summed E-state index contributed by atoms with van der Waals surface area (Å²) in [5.74, 6) is 0.00996. The number of ketones is 1. The fraction of sp³-hybridized carbons (Fsp3) is 0.0625. The van der Waals surface area contributed by atoms with Gasteiger partial charge in [-0.3, -0.25) is 4.79 Å². The monoisotopic (exact) mass is 267 g/mol. The van der Waals surface area contributed by atoms with E-state index in [0.29, 0.717) is 11.3 Å². The first kappa shape index (κ1) is 11.9. The van der Waals surface area contributed by atoms with Gasteiger partial charge in [-0.15, -0.1) is 11.3 Å². The predicted octanol–water partition coefficient (Wildman–Crippen LogP) is 4.02. The molecular formula is C16H13NOS. The van der Waals surface area contributed by atoms with Crippen molar-refractivity contribution in [3.63, 3.8) is 0 Å². The Hall–Kier alpha value is -2.13. The Morgan fingerprint density at radius 1 is 1.11 bits per heavy atom. The van der Waals surface area contributed by atoms with Gasteiger partial charge in [0.1, 0.15) is 0 Å². The van der Waals surface area contributed by atoms with Crippen molar-refractivity contribution in [1.29, 1.82) is 0 Å². The first-order chi connectivity index (χ1) is 9.16. The topological polar surface area (TPSA) is 43.1 Å². The summed E-state index contributed by atoms with van der Waals surface area (Å²) in [4.78, 5) is 13.3. The molecule has 0 unspecified atom stereocenters. The number of hydrogen-bond donors (Lipinski definition) is 1.